The first-order valence-electron chi connectivity index (χ1n) is 5.90. The van der Waals surface area contributed by atoms with Gasteiger partial charge in [0.2, 0.25) is 0 Å². The van der Waals surface area contributed by atoms with E-state index < -0.39 is 5.97 Å². The van der Waals surface area contributed by atoms with Crippen molar-refractivity contribution in [3.63, 3.8) is 0 Å². The molecule has 0 unspecified atom stereocenters. The maximum atomic E-state index is 10.3. The molecule has 0 atom stereocenters. The summed E-state index contributed by atoms with van der Waals surface area (Å²) in [6.45, 7) is 6.25. The molecule has 0 radical (unpaired) electrons. The lowest BCUT2D eigenvalue weighted by Gasteiger charge is -2.15. The number of methoxy groups -OCH3 is 1. The topological polar surface area (TPSA) is 55.8 Å². The number of carboxylic acid groups (broad SMARTS) is 1. The minimum atomic E-state index is -0.936. The molecule has 0 saturated heterocycles. The fourth-order valence-electron chi connectivity index (χ4n) is 2.06. The van der Waals surface area contributed by atoms with Crippen molar-refractivity contribution in [1.82, 2.24) is 0 Å². The molecule has 0 heterocycles. The van der Waals surface area contributed by atoms with Crippen molar-refractivity contribution in [2.24, 2.45) is 0 Å². The molecule has 0 aromatic heterocycles. The number of carbonyl (C=O) groups is 1. The third-order valence-electron chi connectivity index (χ3n) is 3.08. The molecular weight excluding hydrogens is 232 g/mol. The number of aliphatic carboxylic acids is 1. The van der Waals surface area contributed by atoms with Gasteiger partial charge in [0.15, 0.2) is 0 Å². The fourth-order valence-corrected chi connectivity index (χ4v) is 2.06. The SMILES string of the molecule is COc1c(C)cc(CCOCC(=O)O)c(C)c1C. The van der Waals surface area contributed by atoms with Crippen molar-refractivity contribution in [3.8, 4) is 5.75 Å². The molecule has 0 saturated carbocycles. The van der Waals surface area contributed by atoms with Gasteiger partial charge in [-0.3, -0.25) is 0 Å². The van der Waals surface area contributed by atoms with Gasteiger partial charge in [-0.05, 0) is 49.4 Å². The van der Waals surface area contributed by atoms with E-state index in [0.717, 1.165) is 16.9 Å². The second kappa shape index (κ2) is 6.40. The second-order valence-electron chi connectivity index (χ2n) is 4.33. The summed E-state index contributed by atoms with van der Waals surface area (Å²) < 4.78 is 10.4. The molecule has 0 spiro atoms. The van der Waals surface area contributed by atoms with Gasteiger partial charge in [0.25, 0.3) is 0 Å². The molecule has 0 amide bonds. The fraction of sp³-hybridized carbons (Fsp3) is 0.500. The van der Waals surface area contributed by atoms with Crippen LogP contribution in [0.15, 0.2) is 6.07 Å². The van der Waals surface area contributed by atoms with Crippen LogP contribution in [0.25, 0.3) is 0 Å². The number of rotatable bonds is 6. The van der Waals surface area contributed by atoms with Gasteiger partial charge in [-0.15, -0.1) is 0 Å². The zero-order chi connectivity index (χ0) is 13.7. The Bertz CT molecular complexity index is 438. The first kappa shape index (κ1) is 14.5. The van der Waals surface area contributed by atoms with E-state index in [2.05, 4.69) is 6.07 Å². The molecule has 0 aliphatic heterocycles. The summed E-state index contributed by atoms with van der Waals surface area (Å²) >= 11 is 0. The molecular formula is C14H20O4. The Labute approximate surface area is 108 Å². The van der Waals surface area contributed by atoms with Gasteiger partial charge in [-0.1, -0.05) is 6.07 Å². The van der Waals surface area contributed by atoms with Crippen LogP contribution in [0.3, 0.4) is 0 Å². The molecule has 4 heteroatoms. The molecule has 100 valence electrons. The van der Waals surface area contributed by atoms with E-state index in [1.54, 1.807) is 7.11 Å². The molecule has 0 fully saturated rings. The van der Waals surface area contributed by atoms with Crippen LogP contribution in [-0.4, -0.2) is 31.4 Å². The Kier molecular flexibility index (Phi) is 5.16. The predicted molar refractivity (Wildman–Crippen MR) is 69.4 cm³/mol. The van der Waals surface area contributed by atoms with E-state index in [9.17, 15) is 4.79 Å². The summed E-state index contributed by atoms with van der Waals surface area (Å²) in [5.74, 6) is -0.0171. The number of hydrogen-bond donors (Lipinski definition) is 1. The van der Waals surface area contributed by atoms with Gasteiger partial charge in [0, 0.05) is 0 Å². The first-order chi connectivity index (χ1) is 8.47. The Hall–Kier alpha value is -1.55. The van der Waals surface area contributed by atoms with Gasteiger partial charge in [0.05, 0.1) is 13.7 Å². The number of aryl methyl sites for hydroxylation is 1. The van der Waals surface area contributed by atoms with Gasteiger partial charge in [-0.25, -0.2) is 4.79 Å². The minimum Gasteiger partial charge on any atom is -0.496 e. The lowest BCUT2D eigenvalue weighted by molar-refractivity contribution is -0.142. The highest BCUT2D eigenvalue weighted by atomic mass is 16.5. The lowest BCUT2D eigenvalue weighted by Crippen LogP contribution is -2.10. The van der Waals surface area contributed by atoms with Crippen molar-refractivity contribution in [1.29, 1.82) is 0 Å². The summed E-state index contributed by atoms with van der Waals surface area (Å²) in [5, 5.41) is 8.48. The average Bonchev–Trinajstić information content (AvgIpc) is 2.31. The maximum Gasteiger partial charge on any atom is 0.329 e. The van der Waals surface area contributed by atoms with E-state index in [1.807, 2.05) is 20.8 Å². The monoisotopic (exact) mass is 252 g/mol. The highest BCUT2D eigenvalue weighted by Gasteiger charge is 2.10. The summed E-state index contributed by atoms with van der Waals surface area (Å²) in [6, 6.07) is 2.07. The van der Waals surface area contributed by atoms with E-state index >= 15 is 0 Å². The van der Waals surface area contributed by atoms with Crippen LogP contribution in [0.5, 0.6) is 5.75 Å². The van der Waals surface area contributed by atoms with Crippen molar-refractivity contribution in [3.05, 3.63) is 28.3 Å². The Balaban J connectivity index is 2.75. The third-order valence-corrected chi connectivity index (χ3v) is 3.08. The highest BCUT2D eigenvalue weighted by Crippen LogP contribution is 2.28. The van der Waals surface area contributed by atoms with Gasteiger partial charge < -0.3 is 14.6 Å². The minimum absolute atomic E-state index is 0.243. The van der Waals surface area contributed by atoms with E-state index in [1.165, 1.54) is 11.1 Å². The molecule has 1 aromatic carbocycles. The second-order valence-corrected chi connectivity index (χ2v) is 4.33. The van der Waals surface area contributed by atoms with Gasteiger partial charge >= 0.3 is 5.97 Å². The van der Waals surface area contributed by atoms with Gasteiger partial charge in [-0.2, -0.15) is 0 Å². The average molecular weight is 252 g/mol. The molecule has 0 bridgehead atoms. The first-order valence-corrected chi connectivity index (χ1v) is 5.90. The molecule has 1 aromatic rings. The van der Waals surface area contributed by atoms with Crippen LogP contribution in [-0.2, 0) is 16.0 Å². The normalized spacial score (nSPS) is 10.4. The van der Waals surface area contributed by atoms with E-state index in [-0.39, 0.29) is 6.61 Å². The Morgan fingerprint density at radius 3 is 2.50 bits per heavy atom. The third kappa shape index (κ3) is 3.47. The number of carboxylic acids is 1. The van der Waals surface area contributed by atoms with Gasteiger partial charge in [0.1, 0.15) is 12.4 Å². The molecule has 1 N–H and O–H groups in total. The number of hydrogen-bond acceptors (Lipinski definition) is 3. The molecule has 0 aliphatic carbocycles. The Morgan fingerprint density at radius 1 is 1.28 bits per heavy atom. The van der Waals surface area contributed by atoms with Crippen LogP contribution in [0.2, 0.25) is 0 Å². The van der Waals surface area contributed by atoms with Crippen LogP contribution in [0, 0.1) is 20.8 Å². The van der Waals surface area contributed by atoms with E-state index in [0.29, 0.717) is 13.0 Å². The van der Waals surface area contributed by atoms with Crippen molar-refractivity contribution < 1.29 is 19.4 Å². The van der Waals surface area contributed by atoms with Crippen LogP contribution < -0.4 is 4.74 Å². The van der Waals surface area contributed by atoms with Crippen molar-refractivity contribution in [2.75, 3.05) is 20.3 Å². The summed E-state index contributed by atoms with van der Waals surface area (Å²) in [5.41, 5.74) is 4.58. The van der Waals surface area contributed by atoms with Crippen LogP contribution >= 0.6 is 0 Å². The number of benzene rings is 1. The maximum absolute atomic E-state index is 10.3. The Morgan fingerprint density at radius 2 is 1.94 bits per heavy atom. The zero-order valence-electron chi connectivity index (χ0n) is 11.4. The summed E-state index contributed by atoms with van der Waals surface area (Å²) in [6.07, 6.45) is 0.713. The number of ether oxygens (including phenoxy) is 2. The summed E-state index contributed by atoms with van der Waals surface area (Å²) in [7, 11) is 1.67. The standard InChI is InChI=1S/C14H20O4/c1-9-7-12(5-6-18-8-13(15)16)10(2)11(3)14(9)17-4/h7H,5-6,8H2,1-4H3,(H,15,16). The highest BCUT2D eigenvalue weighted by molar-refractivity contribution is 5.67. The van der Waals surface area contributed by atoms with Crippen LogP contribution in [0.1, 0.15) is 22.3 Å². The quantitative estimate of drug-likeness (QED) is 0.789. The van der Waals surface area contributed by atoms with Crippen molar-refractivity contribution in [2.45, 2.75) is 27.2 Å². The zero-order valence-corrected chi connectivity index (χ0v) is 11.4. The van der Waals surface area contributed by atoms with Crippen LogP contribution in [0.4, 0.5) is 0 Å². The molecule has 1 rings (SSSR count). The summed E-state index contributed by atoms with van der Waals surface area (Å²) in [4.78, 5) is 10.3. The van der Waals surface area contributed by atoms with Crippen molar-refractivity contribution >= 4 is 5.97 Å². The molecule has 4 nitrogen and oxygen atoms in total. The predicted octanol–water partition coefficient (Wildman–Crippen LogP) is 2.26. The molecule has 0 aliphatic rings. The largest absolute Gasteiger partial charge is 0.496 e. The lowest BCUT2D eigenvalue weighted by atomic mass is 9.97. The van der Waals surface area contributed by atoms with E-state index in [4.69, 9.17) is 14.6 Å². The smallest absolute Gasteiger partial charge is 0.329 e. The molecule has 18 heavy (non-hydrogen) atoms.